The Balaban J connectivity index is 1.54. The van der Waals surface area contributed by atoms with E-state index in [2.05, 4.69) is 5.32 Å². The highest BCUT2D eigenvalue weighted by atomic mass is 16.7. The number of methoxy groups -OCH3 is 2. The van der Waals surface area contributed by atoms with Crippen molar-refractivity contribution in [2.75, 3.05) is 20.8 Å². The molecule has 2 aromatic carbocycles. The zero-order valence-corrected chi connectivity index (χ0v) is 19.2. The van der Waals surface area contributed by atoms with Crippen LogP contribution in [0.4, 0.5) is 0 Å². The zero-order chi connectivity index (χ0) is 24.2. The van der Waals surface area contributed by atoms with Gasteiger partial charge in [0, 0.05) is 12.5 Å². The number of aliphatic hydroxyl groups excluding tert-OH is 2. The van der Waals surface area contributed by atoms with Gasteiger partial charge >= 0.3 is 0 Å². The molecule has 2 aliphatic rings. The average molecular weight is 475 g/mol. The standard InChI is InChI=1S/C24H29NO9/c1-13(27)25-20-21(28)22-19(12-31-23(34-22)15-5-7-16(29-2)8-6-15)33-24(20)32-17-9-4-14(11-26)10-18(17)30-3/h4-10,19-24,26,28H,11-12H2,1-3H3,(H,25,27). The first kappa shape index (κ1) is 24.2. The summed E-state index contributed by atoms with van der Waals surface area (Å²) in [5.41, 5.74) is 1.40. The van der Waals surface area contributed by atoms with Gasteiger partial charge in [-0.3, -0.25) is 4.79 Å². The molecule has 2 aromatic rings. The van der Waals surface area contributed by atoms with Gasteiger partial charge in [0.25, 0.3) is 0 Å². The highest BCUT2D eigenvalue weighted by Crippen LogP contribution is 2.37. The molecular formula is C24H29NO9. The molecule has 0 spiro atoms. The van der Waals surface area contributed by atoms with Gasteiger partial charge in [0.05, 0.1) is 27.4 Å². The third-order valence-corrected chi connectivity index (χ3v) is 5.78. The zero-order valence-electron chi connectivity index (χ0n) is 19.2. The minimum atomic E-state index is -1.14. The molecule has 0 radical (unpaired) electrons. The third kappa shape index (κ3) is 5.11. The lowest BCUT2D eigenvalue weighted by atomic mass is 9.95. The minimum Gasteiger partial charge on any atom is -0.497 e. The van der Waals surface area contributed by atoms with E-state index in [4.69, 9.17) is 28.4 Å². The first-order valence-electron chi connectivity index (χ1n) is 10.9. The molecular weight excluding hydrogens is 446 g/mol. The van der Waals surface area contributed by atoms with E-state index in [1.165, 1.54) is 14.0 Å². The number of rotatable bonds is 7. The summed E-state index contributed by atoms with van der Waals surface area (Å²) in [6.07, 6.45) is -4.30. The molecule has 2 aliphatic heterocycles. The summed E-state index contributed by atoms with van der Waals surface area (Å²) in [6, 6.07) is 11.2. The van der Waals surface area contributed by atoms with E-state index in [1.807, 2.05) is 12.1 Å². The summed E-state index contributed by atoms with van der Waals surface area (Å²) in [5, 5.41) is 23.3. The van der Waals surface area contributed by atoms with Crippen LogP contribution in [0, 0.1) is 0 Å². The molecule has 10 nitrogen and oxygen atoms in total. The summed E-state index contributed by atoms with van der Waals surface area (Å²) < 4.78 is 34.5. The van der Waals surface area contributed by atoms with Gasteiger partial charge in [-0.05, 0) is 29.8 Å². The summed E-state index contributed by atoms with van der Waals surface area (Å²) in [4.78, 5) is 11.9. The van der Waals surface area contributed by atoms with Crippen molar-refractivity contribution in [1.29, 1.82) is 0 Å². The molecule has 0 bridgehead atoms. The number of carbonyl (C=O) groups is 1. The highest BCUT2D eigenvalue weighted by molar-refractivity contribution is 5.73. The maximum absolute atomic E-state index is 11.9. The van der Waals surface area contributed by atoms with Gasteiger partial charge in [-0.1, -0.05) is 18.2 Å². The molecule has 2 fully saturated rings. The number of fused-ring (bicyclic) bond motifs is 1. The van der Waals surface area contributed by atoms with Gasteiger partial charge in [-0.2, -0.15) is 0 Å². The summed E-state index contributed by atoms with van der Waals surface area (Å²) >= 11 is 0. The molecule has 6 unspecified atom stereocenters. The van der Waals surface area contributed by atoms with E-state index in [9.17, 15) is 15.0 Å². The Kier molecular flexibility index (Phi) is 7.54. The van der Waals surface area contributed by atoms with Gasteiger partial charge in [-0.25, -0.2) is 0 Å². The van der Waals surface area contributed by atoms with Gasteiger partial charge in [0.15, 0.2) is 17.8 Å². The predicted molar refractivity (Wildman–Crippen MR) is 118 cm³/mol. The van der Waals surface area contributed by atoms with Crippen LogP contribution >= 0.6 is 0 Å². The number of amides is 1. The predicted octanol–water partition coefficient (Wildman–Crippen LogP) is 1.28. The summed E-state index contributed by atoms with van der Waals surface area (Å²) in [7, 11) is 3.06. The lowest BCUT2D eigenvalue weighted by Crippen LogP contribution is -2.67. The molecule has 3 N–H and O–H groups in total. The van der Waals surface area contributed by atoms with Crippen molar-refractivity contribution in [2.24, 2.45) is 0 Å². The van der Waals surface area contributed by atoms with Crippen LogP contribution in [0.3, 0.4) is 0 Å². The number of benzene rings is 2. The second kappa shape index (κ2) is 10.6. The molecule has 184 valence electrons. The second-order valence-electron chi connectivity index (χ2n) is 8.06. The topological polar surface area (TPSA) is 125 Å². The number of carbonyl (C=O) groups excluding carboxylic acids is 1. The van der Waals surface area contributed by atoms with Crippen LogP contribution in [0.1, 0.15) is 24.3 Å². The van der Waals surface area contributed by atoms with E-state index in [0.717, 1.165) is 5.56 Å². The lowest BCUT2D eigenvalue weighted by Gasteiger charge is -2.47. The molecule has 6 atom stereocenters. The van der Waals surface area contributed by atoms with Crippen molar-refractivity contribution in [3.05, 3.63) is 53.6 Å². The average Bonchev–Trinajstić information content (AvgIpc) is 2.86. The Hall–Kier alpha value is -2.89. The molecule has 0 aromatic heterocycles. The number of hydrogen-bond acceptors (Lipinski definition) is 9. The molecule has 1 amide bonds. The molecule has 2 saturated heterocycles. The largest absolute Gasteiger partial charge is 0.497 e. The van der Waals surface area contributed by atoms with Crippen LogP contribution in [0.5, 0.6) is 17.2 Å². The van der Waals surface area contributed by atoms with Crippen molar-refractivity contribution in [3.63, 3.8) is 0 Å². The van der Waals surface area contributed by atoms with Crippen LogP contribution in [-0.2, 0) is 25.6 Å². The van der Waals surface area contributed by atoms with Gasteiger partial charge in [0.2, 0.25) is 12.2 Å². The summed E-state index contributed by atoms with van der Waals surface area (Å²) in [6.45, 7) is 1.33. The van der Waals surface area contributed by atoms with Crippen molar-refractivity contribution in [2.45, 2.75) is 50.5 Å². The highest BCUT2D eigenvalue weighted by Gasteiger charge is 2.50. The van der Waals surface area contributed by atoms with E-state index in [0.29, 0.717) is 22.8 Å². The quantitative estimate of drug-likeness (QED) is 0.543. The van der Waals surface area contributed by atoms with Crippen molar-refractivity contribution in [3.8, 4) is 17.2 Å². The molecule has 4 rings (SSSR count). The molecule has 0 aliphatic carbocycles. The first-order chi connectivity index (χ1) is 16.4. The molecule has 34 heavy (non-hydrogen) atoms. The first-order valence-corrected chi connectivity index (χ1v) is 10.9. The number of nitrogens with one attached hydrogen (secondary N) is 1. The van der Waals surface area contributed by atoms with E-state index >= 15 is 0 Å². The monoisotopic (exact) mass is 475 g/mol. The fourth-order valence-corrected chi connectivity index (χ4v) is 4.04. The van der Waals surface area contributed by atoms with Crippen molar-refractivity contribution < 1.29 is 43.4 Å². The molecule has 2 heterocycles. The number of aliphatic hydroxyl groups is 2. The second-order valence-corrected chi connectivity index (χ2v) is 8.06. The van der Waals surface area contributed by atoms with E-state index in [-0.39, 0.29) is 19.1 Å². The maximum Gasteiger partial charge on any atom is 0.223 e. The van der Waals surface area contributed by atoms with Crippen LogP contribution in [0.2, 0.25) is 0 Å². The van der Waals surface area contributed by atoms with Crippen LogP contribution in [0.15, 0.2) is 42.5 Å². The maximum atomic E-state index is 11.9. The van der Waals surface area contributed by atoms with Crippen LogP contribution in [-0.4, -0.2) is 67.6 Å². The Labute approximate surface area is 197 Å². The lowest BCUT2D eigenvalue weighted by molar-refractivity contribution is -0.333. The van der Waals surface area contributed by atoms with Crippen LogP contribution < -0.4 is 19.5 Å². The normalized spacial score (nSPS) is 28.5. The SMILES string of the molecule is COc1ccc(C2OCC3OC(Oc4ccc(CO)cc4OC)C(NC(C)=O)C(O)C3O2)cc1. The van der Waals surface area contributed by atoms with E-state index < -0.39 is 36.9 Å². The van der Waals surface area contributed by atoms with Gasteiger partial charge < -0.3 is 44.0 Å². The smallest absolute Gasteiger partial charge is 0.223 e. The fourth-order valence-electron chi connectivity index (χ4n) is 4.04. The molecule has 0 saturated carbocycles. The Morgan fingerprint density at radius 2 is 1.85 bits per heavy atom. The Bertz CT molecular complexity index is 983. The van der Waals surface area contributed by atoms with Crippen molar-refractivity contribution in [1.82, 2.24) is 5.32 Å². The van der Waals surface area contributed by atoms with Gasteiger partial charge in [0.1, 0.15) is 30.1 Å². The Morgan fingerprint density at radius 3 is 2.50 bits per heavy atom. The Morgan fingerprint density at radius 1 is 1.09 bits per heavy atom. The summed E-state index contributed by atoms with van der Waals surface area (Å²) in [5.74, 6) is 1.05. The number of hydrogen-bond donors (Lipinski definition) is 3. The van der Waals surface area contributed by atoms with Crippen LogP contribution in [0.25, 0.3) is 0 Å². The fraction of sp³-hybridized carbons (Fsp3) is 0.458. The third-order valence-electron chi connectivity index (χ3n) is 5.78. The molecule has 10 heteroatoms. The van der Waals surface area contributed by atoms with Crippen molar-refractivity contribution >= 4 is 5.91 Å². The minimum absolute atomic E-state index is 0.145. The van der Waals surface area contributed by atoms with E-state index in [1.54, 1.807) is 37.4 Å². The number of ether oxygens (including phenoxy) is 6. The van der Waals surface area contributed by atoms with Gasteiger partial charge in [-0.15, -0.1) is 0 Å².